The molecule has 5 heterocycles. The number of fused-ring (bicyclic) bond motifs is 2. The SMILES string of the molecule is Cn1cnnc1C1(c2cccc(-n3cc4c(C(F)(F)F)cc(CN5CCc6ncsc6C5)cn4c3=O)c2)CCC1. The van der Waals surface area contributed by atoms with E-state index in [1.54, 1.807) is 35.4 Å². The lowest BCUT2D eigenvalue weighted by Gasteiger charge is -2.41. The average Bonchev–Trinajstić information content (AvgIpc) is 3.62. The lowest BCUT2D eigenvalue weighted by atomic mass is 9.63. The van der Waals surface area contributed by atoms with Gasteiger partial charge in [-0.2, -0.15) is 13.2 Å². The van der Waals surface area contributed by atoms with Crippen LogP contribution in [-0.4, -0.2) is 40.2 Å². The quantitative estimate of drug-likeness (QED) is 0.308. The second kappa shape index (κ2) is 9.13. The third-order valence-electron chi connectivity index (χ3n) is 8.32. The van der Waals surface area contributed by atoms with E-state index in [9.17, 15) is 18.0 Å². The fraction of sp³-hybridized carbons (Fsp3) is 0.357. The lowest BCUT2D eigenvalue weighted by Crippen LogP contribution is -2.38. The van der Waals surface area contributed by atoms with E-state index in [0.717, 1.165) is 52.0 Å². The summed E-state index contributed by atoms with van der Waals surface area (Å²) in [6, 6.07) is 8.65. The van der Waals surface area contributed by atoms with Gasteiger partial charge in [0.1, 0.15) is 12.2 Å². The Morgan fingerprint density at radius 3 is 2.73 bits per heavy atom. The summed E-state index contributed by atoms with van der Waals surface area (Å²) in [5.41, 5.74) is 2.94. The molecule has 2 aliphatic rings. The Bertz CT molecular complexity index is 1790. The van der Waals surface area contributed by atoms with Gasteiger partial charge in [-0.15, -0.1) is 21.5 Å². The Kier molecular flexibility index (Phi) is 5.76. The molecule has 0 unspecified atom stereocenters. The number of halogens is 3. The van der Waals surface area contributed by atoms with Crippen molar-refractivity contribution in [2.45, 2.75) is 50.4 Å². The van der Waals surface area contributed by atoms with Crippen LogP contribution in [0, 0.1) is 0 Å². The molecule has 206 valence electrons. The summed E-state index contributed by atoms with van der Waals surface area (Å²) in [5, 5.41) is 8.41. The lowest BCUT2D eigenvalue weighted by molar-refractivity contribution is -0.136. The van der Waals surface area contributed by atoms with Crippen LogP contribution in [0.5, 0.6) is 0 Å². The molecule has 0 bridgehead atoms. The number of thiazole rings is 1. The highest BCUT2D eigenvalue weighted by atomic mass is 32.1. The van der Waals surface area contributed by atoms with Gasteiger partial charge in [-0.1, -0.05) is 18.6 Å². The first-order valence-electron chi connectivity index (χ1n) is 13.2. The van der Waals surface area contributed by atoms with Crippen molar-refractivity contribution >= 4 is 16.9 Å². The van der Waals surface area contributed by atoms with Gasteiger partial charge in [-0.05, 0) is 42.2 Å². The Hall–Kier alpha value is -3.77. The average molecular weight is 566 g/mol. The third kappa shape index (κ3) is 4.00. The molecule has 0 saturated heterocycles. The molecule has 0 N–H and O–H groups in total. The van der Waals surface area contributed by atoms with Crippen LogP contribution >= 0.6 is 11.3 Å². The largest absolute Gasteiger partial charge is 0.418 e. The van der Waals surface area contributed by atoms with Crippen molar-refractivity contribution in [1.82, 2.24) is 33.6 Å². The van der Waals surface area contributed by atoms with Crippen LogP contribution in [0.3, 0.4) is 0 Å². The molecule has 1 saturated carbocycles. The van der Waals surface area contributed by atoms with Crippen molar-refractivity contribution in [1.29, 1.82) is 0 Å². The van der Waals surface area contributed by atoms with Crippen LogP contribution in [0.15, 0.2) is 59.4 Å². The first-order valence-corrected chi connectivity index (χ1v) is 14.0. The smallest absolute Gasteiger partial charge is 0.320 e. The Balaban J connectivity index is 1.29. The number of aromatic nitrogens is 6. The zero-order chi connectivity index (χ0) is 27.6. The van der Waals surface area contributed by atoms with E-state index in [4.69, 9.17) is 0 Å². The zero-order valence-corrected chi connectivity index (χ0v) is 22.5. The van der Waals surface area contributed by atoms with Gasteiger partial charge in [0.25, 0.3) is 0 Å². The second-order valence-electron chi connectivity index (χ2n) is 10.7. The highest BCUT2D eigenvalue weighted by Gasteiger charge is 2.44. The summed E-state index contributed by atoms with van der Waals surface area (Å²) >= 11 is 1.56. The van der Waals surface area contributed by atoms with Crippen molar-refractivity contribution in [2.24, 2.45) is 7.05 Å². The number of alkyl halides is 3. The zero-order valence-electron chi connectivity index (χ0n) is 21.7. The summed E-state index contributed by atoms with van der Waals surface area (Å²) in [7, 11) is 1.90. The van der Waals surface area contributed by atoms with Crippen molar-refractivity contribution < 1.29 is 13.2 Å². The first kappa shape index (κ1) is 25.2. The minimum atomic E-state index is -4.62. The van der Waals surface area contributed by atoms with Crippen LogP contribution in [0.25, 0.3) is 11.2 Å². The Labute approximate surface area is 231 Å². The number of imidazole rings is 1. The van der Waals surface area contributed by atoms with E-state index in [1.807, 2.05) is 29.8 Å². The summed E-state index contributed by atoms with van der Waals surface area (Å²) in [6.07, 6.45) is 3.46. The molecule has 40 heavy (non-hydrogen) atoms. The predicted molar refractivity (Wildman–Crippen MR) is 144 cm³/mol. The standard InChI is InChI=1S/C28H26F3N7OS/c1-35-16-33-34-25(35)27(7-3-8-27)19-4-2-5-20(11-19)37-14-23-21(28(29,30)31)10-18(13-38(23)26(37)39)12-36-9-6-22-24(15-36)40-17-32-22/h2,4-5,10-11,13-14,16-17H,3,6-9,12,15H2,1H3. The van der Waals surface area contributed by atoms with E-state index in [-0.39, 0.29) is 10.9 Å². The Morgan fingerprint density at radius 2 is 2.00 bits per heavy atom. The van der Waals surface area contributed by atoms with Gasteiger partial charge in [0.2, 0.25) is 0 Å². The molecular weight excluding hydrogens is 539 g/mol. The summed E-state index contributed by atoms with van der Waals surface area (Å²) < 4.78 is 47.2. The molecular formula is C28H26F3N7OS. The minimum Gasteiger partial charge on any atom is -0.320 e. The van der Waals surface area contributed by atoms with Crippen LogP contribution in [0.2, 0.25) is 0 Å². The number of rotatable bonds is 5. The van der Waals surface area contributed by atoms with Crippen molar-refractivity contribution in [2.75, 3.05) is 6.54 Å². The van der Waals surface area contributed by atoms with Gasteiger partial charge in [-0.25, -0.2) is 9.78 Å². The van der Waals surface area contributed by atoms with Gasteiger partial charge in [-0.3, -0.25) is 13.9 Å². The van der Waals surface area contributed by atoms with Gasteiger partial charge in [0.15, 0.2) is 0 Å². The summed E-state index contributed by atoms with van der Waals surface area (Å²) in [4.78, 5) is 21.2. The molecule has 1 aromatic carbocycles. The number of hydrogen-bond acceptors (Lipinski definition) is 6. The molecule has 8 nitrogen and oxygen atoms in total. The normalized spacial score (nSPS) is 17.2. The van der Waals surface area contributed by atoms with Crippen LogP contribution in [-0.2, 0) is 38.1 Å². The predicted octanol–water partition coefficient (Wildman–Crippen LogP) is 4.72. The number of benzene rings is 1. The van der Waals surface area contributed by atoms with Gasteiger partial charge < -0.3 is 4.57 Å². The summed E-state index contributed by atoms with van der Waals surface area (Å²) in [5.74, 6) is 0.845. The molecule has 0 atom stereocenters. The number of hydrogen-bond donors (Lipinski definition) is 0. The maximum Gasteiger partial charge on any atom is 0.418 e. The van der Waals surface area contributed by atoms with Crippen LogP contribution < -0.4 is 5.69 Å². The monoisotopic (exact) mass is 565 g/mol. The molecule has 0 spiro atoms. The van der Waals surface area contributed by atoms with Gasteiger partial charge in [0, 0.05) is 50.4 Å². The Morgan fingerprint density at radius 1 is 1.15 bits per heavy atom. The van der Waals surface area contributed by atoms with Crippen molar-refractivity contribution in [3.8, 4) is 5.69 Å². The van der Waals surface area contributed by atoms with E-state index in [0.29, 0.717) is 30.9 Å². The van der Waals surface area contributed by atoms with E-state index in [1.165, 1.54) is 16.8 Å². The molecule has 12 heteroatoms. The highest BCUT2D eigenvalue weighted by molar-refractivity contribution is 7.09. The molecule has 1 aliphatic carbocycles. The molecule has 0 amide bonds. The topological polar surface area (TPSA) is 73.2 Å². The second-order valence-corrected chi connectivity index (χ2v) is 11.7. The van der Waals surface area contributed by atoms with E-state index in [2.05, 4.69) is 20.1 Å². The maximum absolute atomic E-state index is 14.3. The highest BCUT2D eigenvalue weighted by Crippen LogP contribution is 2.48. The fourth-order valence-electron chi connectivity index (χ4n) is 6.15. The molecule has 1 fully saturated rings. The summed E-state index contributed by atoms with van der Waals surface area (Å²) in [6.45, 7) is 1.64. The minimum absolute atomic E-state index is 0.165. The molecule has 1 aliphatic heterocycles. The first-order chi connectivity index (χ1) is 19.2. The molecule has 0 radical (unpaired) electrons. The van der Waals surface area contributed by atoms with Crippen molar-refractivity contribution in [3.05, 3.63) is 98.1 Å². The third-order valence-corrected chi connectivity index (χ3v) is 9.18. The molecule has 4 aromatic heterocycles. The molecule has 7 rings (SSSR count). The number of aryl methyl sites for hydroxylation is 1. The number of pyridine rings is 1. The maximum atomic E-state index is 14.3. The number of nitrogens with zero attached hydrogens (tertiary/aromatic N) is 7. The van der Waals surface area contributed by atoms with Gasteiger partial charge in [0.05, 0.1) is 33.4 Å². The van der Waals surface area contributed by atoms with Crippen LogP contribution in [0.1, 0.15) is 52.3 Å². The molecule has 5 aromatic rings. The van der Waals surface area contributed by atoms with Crippen LogP contribution in [0.4, 0.5) is 13.2 Å². The fourth-order valence-corrected chi connectivity index (χ4v) is 7.01. The van der Waals surface area contributed by atoms with Crippen molar-refractivity contribution in [3.63, 3.8) is 0 Å². The van der Waals surface area contributed by atoms with Gasteiger partial charge >= 0.3 is 11.9 Å². The van der Waals surface area contributed by atoms with E-state index < -0.39 is 17.4 Å². The van der Waals surface area contributed by atoms with E-state index >= 15 is 0 Å².